The molecular formula is C13H23NO4. The van der Waals surface area contributed by atoms with Crippen LogP contribution in [0.4, 0.5) is 4.79 Å². The predicted molar refractivity (Wildman–Crippen MR) is 67.4 cm³/mol. The highest BCUT2D eigenvalue weighted by Gasteiger charge is 2.39. The van der Waals surface area contributed by atoms with Gasteiger partial charge in [-0.05, 0) is 47.0 Å². The molecule has 0 aromatic carbocycles. The fraction of sp³-hybridized carbons (Fsp3) is 0.846. The van der Waals surface area contributed by atoms with E-state index < -0.39 is 23.1 Å². The summed E-state index contributed by atoms with van der Waals surface area (Å²) >= 11 is 0. The first-order valence-corrected chi connectivity index (χ1v) is 6.35. The Morgan fingerprint density at radius 3 is 2.50 bits per heavy atom. The van der Waals surface area contributed by atoms with Crippen molar-refractivity contribution >= 4 is 12.1 Å². The highest BCUT2D eigenvalue weighted by Crippen LogP contribution is 2.36. The normalized spacial score (nSPS) is 28.6. The van der Waals surface area contributed by atoms with Crippen LogP contribution in [0, 0.1) is 5.41 Å². The molecule has 104 valence electrons. The molecule has 1 saturated carbocycles. The quantitative estimate of drug-likeness (QED) is 0.797. The van der Waals surface area contributed by atoms with E-state index in [2.05, 4.69) is 5.32 Å². The van der Waals surface area contributed by atoms with Crippen molar-refractivity contribution in [2.75, 3.05) is 0 Å². The number of alkyl carbamates (subject to hydrolysis) is 1. The van der Waals surface area contributed by atoms with Gasteiger partial charge in [0.05, 0.1) is 5.41 Å². The number of carboxylic acids is 1. The van der Waals surface area contributed by atoms with Crippen molar-refractivity contribution in [3.63, 3.8) is 0 Å². The van der Waals surface area contributed by atoms with Crippen LogP contribution in [-0.2, 0) is 9.53 Å². The Hall–Kier alpha value is -1.26. The van der Waals surface area contributed by atoms with E-state index in [1.54, 1.807) is 27.7 Å². The van der Waals surface area contributed by atoms with Gasteiger partial charge in [-0.2, -0.15) is 0 Å². The Kier molecular flexibility index (Phi) is 4.24. The van der Waals surface area contributed by atoms with Gasteiger partial charge in [-0.25, -0.2) is 4.79 Å². The average molecular weight is 257 g/mol. The van der Waals surface area contributed by atoms with E-state index >= 15 is 0 Å². The zero-order valence-corrected chi connectivity index (χ0v) is 11.6. The molecule has 0 spiro atoms. The molecule has 0 bridgehead atoms. The van der Waals surface area contributed by atoms with Crippen molar-refractivity contribution < 1.29 is 19.4 Å². The van der Waals surface area contributed by atoms with Crippen molar-refractivity contribution in [2.45, 2.75) is 65.0 Å². The molecule has 0 unspecified atom stereocenters. The van der Waals surface area contributed by atoms with Gasteiger partial charge in [-0.3, -0.25) is 4.79 Å². The van der Waals surface area contributed by atoms with Gasteiger partial charge in [0.15, 0.2) is 0 Å². The smallest absolute Gasteiger partial charge is 0.407 e. The first kappa shape index (κ1) is 14.8. The maximum atomic E-state index is 11.6. The Labute approximate surface area is 108 Å². The molecule has 2 atom stereocenters. The van der Waals surface area contributed by atoms with Crippen molar-refractivity contribution in [3.8, 4) is 0 Å². The van der Waals surface area contributed by atoms with Crippen LogP contribution in [0.3, 0.4) is 0 Å². The molecule has 0 aromatic rings. The lowest BCUT2D eigenvalue weighted by atomic mass is 9.73. The summed E-state index contributed by atoms with van der Waals surface area (Å²) in [5, 5.41) is 12.0. The second kappa shape index (κ2) is 5.16. The summed E-state index contributed by atoms with van der Waals surface area (Å²) in [4.78, 5) is 22.8. The van der Waals surface area contributed by atoms with E-state index in [9.17, 15) is 14.7 Å². The number of amides is 1. The van der Waals surface area contributed by atoms with Crippen LogP contribution >= 0.6 is 0 Å². The highest BCUT2D eigenvalue weighted by atomic mass is 16.6. The van der Waals surface area contributed by atoms with Gasteiger partial charge in [0, 0.05) is 6.04 Å². The largest absolute Gasteiger partial charge is 0.481 e. The minimum Gasteiger partial charge on any atom is -0.481 e. The minimum atomic E-state index is -0.793. The molecule has 1 aliphatic rings. The SMILES string of the molecule is CC(C)(C)OC(=O)N[C@H]1CCC[C@@](C)(C(=O)O)C1. The molecule has 5 nitrogen and oxygen atoms in total. The molecule has 18 heavy (non-hydrogen) atoms. The fourth-order valence-electron chi connectivity index (χ4n) is 2.28. The molecule has 0 radical (unpaired) electrons. The zero-order chi connectivity index (χ0) is 14.0. The Bertz CT molecular complexity index is 334. The minimum absolute atomic E-state index is 0.116. The molecule has 1 fully saturated rings. The lowest BCUT2D eigenvalue weighted by molar-refractivity contribution is -0.150. The third kappa shape index (κ3) is 4.20. The number of carbonyl (C=O) groups is 2. The second-order valence-electron chi connectivity index (χ2n) is 6.31. The van der Waals surface area contributed by atoms with Crippen molar-refractivity contribution in [1.29, 1.82) is 0 Å². The van der Waals surface area contributed by atoms with Crippen LogP contribution in [0.25, 0.3) is 0 Å². The standard InChI is InChI=1S/C13H23NO4/c1-12(2,3)18-11(17)14-9-6-5-7-13(4,8-9)10(15)16/h9H,5-8H2,1-4H3,(H,14,17)(H,15,16)/t9-,13+/m0/s1. The lowest BCUT2D eigenvalue weighted by Gasteiger charge is -2.35. The summed E-state index contributed by atoms with van der Waals surface area (Å²) in [5.41, 5.74) is -1.27. The molecule has 5 heteroatoms. The molecule has 1 rings (SSSR count). The third-order valence-electron chi connectivity index (χ3n) is 3.22. The molecule has 0 saturated heterocycles. The van der Waals surface area contributed by atoms with Crippen molar-refractivity contribution in [1.82, 2.24) is 5.32 Å². The van der Waals surface area contributed by atoms with E-state index in [0.29, 0.717) is 12.8 Å². The number of nitrogens with one attached hydrogen (secondary N) is 1. The molecule has 0 heterocycles. The number of carboxylic acid groups (broad SMARTS) is 1. The van der Waals surface area contributed by atoms with Gasteiger partial charge in [0.2, 0.25) is 0 Å². The number of ether oxygens (including phenoxy) is 1. The van der Waals surface area contributed by atoms with Gasteiger partial charge in [0.25, 0.3) is 0 Å². The number of hydrogen-bond donors (Lipinski definition) is 2. The summed E-state index contributed by atoms with van der Waals surface area (Å²) < 4.78 is 5.17. The van der Waals surface area contributed by atoms with Gasteiger partial charge in [-0.1, -0.05) is 6.42 Å². The lowest BCUT2D eigenvalue weighted by Crippen LogP contribution is -2.45. The average Bonchev–Trinajstić information content (AvgIpc) is 2.13. The summed E-state index contributed by atoms with van der Waals surface area (Å²) in [7, 11) is 0. The summed E-state index contributed by atoms with van der Waals surface area (Å²) in [6.07, 6.45) is 2.27. The Morgan fingerprint density at radius 1 is 1.39 bits per heavy atom. The van der Waals surface area contributed by atoms with Crippen molar-refractivity contribution in [3.05, 3.63) is 0 Å². The Morgan fingerprint density at radius 2 is 2.00 bits per heavy atom. The van der Waals surface area contributed by atoms with Crippen LogP contribution in [0.15, 0.2) is 0 Å². The predicted octanol–water partition coefficient (Wildman–Crippen LogP) is 2.54. The number of aliphatic carboxylic acids is 1. The van der Waals surface area contributed by atoms with Gasteiger partial charge >= 0.3 is 12.1 Å². The molecular weight excluding hydrogens is 234 g/mol. The molecule has 0 aromatic heterocycles. The first-order chi connectivity index (χ1) is 8.12. The van der Waals surface area contributed by atoms with E-state index in [-0.39, 0.29) is 6.04 Å². The third-order valence-corrected chi connectivity index (χ3v) is 3.22. The van der Waals surface area contributed by atoms with E-state index in [4.69, 9.17) is 4.74 Å². The summed E-state index contributed by atoms with van der Waals surface area (Å²) in [6, 6.07) is -0.116. The van der Waals surface area contributed by atoms with Crippen LogP contribution in [0.2, 0.25) is 0 Å². The van der Waals surface area contributed by atoms with Crippen LogP contribution in [0.1, 0.15) is 53.4 Å². The second-order valence-corrected chi connectivity index (χ2v) is 6.31. The van der Waals surface area contributed by atoms with Gasteiger partial charge in [-0.15, -0.1) is 0 Å². The number of rotatable bonds is 2. The number of carbonyl (C=O) groups excluding carboxylic acids is 1. The van der Waals surface area contributed by atoms with Crippen LogP contribution in [0.5, 0.6) is 0 Å². The zero-order valence-electron chi connectivity index (χ0n) is 11.6. The fourth-order valence-corrected chi connectivity index (χ4v) is 2.28. The topological polar surface area (TPSA) is 75.6 Å². The van der Waals surface area contributed by atoms with E-state index in [1.165, 1.54) is 0 Å². The van der Waals surface area contributed by atoms with Gasteiger partial charge in [0.1, 0.15) is 5.60 Å². The molecule has 0 aliphatic heterocycles. The Balaban J connectivity index is 2.53. The molecule has 1 aliphatic carbocycles. The highest BCUT2D eigenvalue weighted by molar-refractivity contribution is 5.74. The molecule has 2 N–H and O–H groups in total. The maximum Gasteiger partial charge on any atom is 0.407 e. The van der Waals surface area contributed by atoms with Gasteiger partial charge < -0.3 is 15.2 Å². The van der Waals surface area contributed by atoms with E-state index in [0.717, 1.165) is 12.8 Å². The summed E-state index contributed by atoms with van der Waals surface area (Å²) in [5.74, 6) is -0.793. The van der Waals surface area contributed by atoms with Crippen molar-refractivity contribution in [2.24, 2.45) is 5.41 Å². The first-order valence-electron chi connectivity index (χ1n) is 6.35. The van der Waals surface area contributed by atoms with Crippen LogP contribution < -0.4 is 5.32 Å². The molecule has 1 amide bonds. The summed E-state index contributed by atoms with van der Waals surface area (Å²) in [6.45, 7) is 7.14. The monoisotopic (exact) mass is 257 g/mol. The van der Waals surface area contributed by atoms with E-state index in [1.807, 2.05) is 0 Å². The number of hydrogen-bond acceptors (Lipinski definition) is 3. The maximum absolute atomic E-state index is 11.6. The van der Waals surface area contributed by atoms with Crippen LogP contribution in [-0.4, -0.2) is 28.8 Å².